The van der Waals surface area contributed by atoms with Gasteiger partial charge in [-0.25, -0.2) is 8.42 Å². The van der Waals surface area contributed by atoms with Gasteiger partial charge in [-0.1, -0.05) is 20.8 Å². The summed E-state index contributed by atoms with van der Waals surface area (Å²) < 4.78 is 43.5. The summed E-state index contributed by atoms with van der Waals surface area (Å²) in [6.45, 7) is 16.0. The highest BCUT2D eigenvalue weighted by Gasteiger charge is 2.34. The van der Waals surface area contributed by atoms with E-state index >= 15 is 0 Å². The van der Waals surface area contributed by atoms with Crippen molar-refractivity contribution in [1.82, 2.24) is 4.31 Å². The zero-order chi connectivity index (χ0) is 19.5. The normalized spacial score (nSPS) is 22.4. The van der Waals surface area contributed by atoms with E-state index in [1.807, 2.05) is 27.7 Å². The van der Waals surface area contributed by atoms with Crippen LogP contribution in [0.1, 0.15) is 54.9 Å². The maximum Gasteiger partial charge on any atom is 0.211 e. The molecule has 150 valence electrons. The summed E-state index contributed by atoms with van der Waals surface area (Å²) in [4.78, 5) is 0. The molecular formula is C18H37NO5S. The van der Waals surface area contributed by atoms with Gasteiger partial charge >= 0.3 is 0 Å². The van der Waals surface area contributed by atoms with Crippen molar-refractivity contribution in [3.05, 3.63) is 0 Å². The van der Waals surface area contributed by atoms with Crippen molar-refractivity contribution in [2.24, 2.45) is 5.41 Å². The van der Waals surface area contributed by atoms with Crippen molar-refractivity contribution in [3.8, 4) is 0 Å². The minimum absolute atomic E-state index is 0.0256. The minimum Gasteiger partial charge on any atom is -0.379 e. The Balaban J connectivity index is 2.86. The third-order valence-corrected chi connectivity index (χ3v) is 6.04. The molecule has 0 aromatic heterocycles. The highest BCUT2D eigenvalue weighted by Crippen LogP contribution is 2.25. The Morgan fingerprint density at radius 1 is 1.20 bits per heavy atom. The Morgan fingerprint density at radius 3 is 2.20 bits per heavy atom. The van der Waals surface area contributed by atoms with Gasteiger partial charge in [0.2, 0.25) is 10.0 Å². The lowest BCUT2D eigenvalue weighted by molar-refractivity contribution is -0.106. The van der Waals surface area contributed by atoms with Gasteiger partial charge in [-0.3, -0.25) is 0 Å². The number of ether oxygens (including phenoxy) is 3. The number of rotatable bonds is 8. The van der Waals surface area contributed by atoms with Crippen LogP contribution in [0.2, 0.25) is 0 Å². The van der Waals surface area contributed by atoms with Crippen molar-refractivity contribution < 1.29 is 22.6 Å². The van der Waals surface area contributed by atoms with E-state index in [0.29, 0.717) is 19.8 Å². The predicted octanol–water partition coefficient (Wildman–Crippen LogP) is 2.67. The predicted molar refractivity (Wildman–Crippen MR) is 100 cm³/mol. The van der Waals surface area contributed by atoms with E-state index in [1.165, 1.54) is 10.6 Å². The zero-order valence-corrected chi connectivity index (χ0v) is 18.0. The fourth-order valence-corrected chi connectivity index (χ4v) is 4.04. The average Bonchev–Trinajstić information content (AvgIpc) is 2.90. The summed E-state index contributed by atoms with van der Waals surface area (Å²) in [6.07, 6.45) is 1.83. The van der Waals surface area contributed by atoms with Crippen LogP contribution in [0.25, 0.3) is 0 Å². The van der Waals surface area contributed by atoms with Crippen LogP contribution in [0.3, 0.4) is 0 Å². The van der Waals surface area contributed by atoms with Gasteiger partial charge in [0.15, 0.2) is 0 Å². The summed E-state index contributed by atoms with van der Waals surface area (Å²) >= 11 is 0. The van der Waals surface area contributed by atoms with Crippen LogP contribution in [-0.4, -0.2) is 69.2 Å². The van der Waals surface area contributed by atoms with E-state index in [1.54, 1.807) is 0 Å². The first-order valence-corrected chi connectivity index (χ1v) is 10.9. The second kappa shape index (κ2) is 8.65. The molecule has 0 unspecified atom stereocenters. The molecule has 0 amide bonds. The Bertz CT molecular complexity index is 501. The quantitative estimate of drug-likeness (QED) is 0.649. The summed E-state index contributed by atoms with van der Waals surface area (Å²) in [6, 6.07) is 0. The highest BCUT2D eigenvalue weighted by atomic mass is 32.2. The molecule has 25 heavy (non-hydrogen) atoms. The maximum absolute atomic E-state index is 12.3. The molecule has 6 nitrogen and oxygen atoms in total. The van der Waals surface area contributed by atoms with Gasteiger partial charge in [0, 0.05) is 18.7 Å². The number of nitrogens with zero attached hydrogens (tertiary/aromatic N) is 1. The average molecular weight is 380 g/mol. The van der Waals surface area contributed by atoms with Crippen LogP contribution in [0.5, 0.6) is 0 Å². The van der Waals surface area contributed by atoms with Gasteiger partial charge in [-0.15, -0.1) is 0 Å². The molecule has 0 aliphatic carbocycles. The highest BCUT2D eigenvalue weighted by molar-refractivity contribution is 7.88. The second-order valence-corrected chi connectivity index (χ2v) is 11.0. The first-order chi connectivity index (χ1) is 11.2. The monoisotopic (exact) mass is 379 g/mol. The van der Waals surface area contributed by atoms with Crippen molar-refractivity contribution in [3.63, 3.8) is 0 Å². The van der Waals surface area contributed by atoms with E-state index in [9.17, 15) is 8.42 Å². The summed E-state index contributed by atoms with van der Waals surface area (Å²) in [5.41, 5.74) is -0.553. The summed E-state index contributed by atoms with van der Waals surface area (Å²) in [5, 5.41) is 0. The van der Waals surface area contributed by atoms with E-state index in [4.69, 9.17) is 14.2 Å². The Hall–Kier alpha value is -0.210. The molecule has 0 saturated carbocycles. The Morgan fingerprint density at radius 2 is 1.80 bits per heavy atom. The SMILES string of the molecule is C[C@H](O[C@H](CO[C@H]1CCOC1)CN(C(C)(C)C)S(C)(=O)=O)C(C)(C)C. The van der Waals surface area contributed by atoms with E-state index < -0.39 is 15.6 Å². The molecule has 1 saturated heterocycles. The lowest BCUT2D eigenvalue weighted by Gasteiger charge is -2.38. The summed E-state index contributed by atoms with van der Waals surface area (Å²) in [5.74, 6) is 0. The van der Waals surface area contributed by atoms with Crippen LogP contribution in [-0.2, 0) is 24.2 Å². The first-order valence-electron chi connectivity index (χ1n) is 9.04. The zero-order valence-electron chi connectivity index (χ0n) is 17.2. The maximum atomic E-state index is 12.3. The number of hydrogen-bond donors (Lipinski definition) is 0. The van der Waals surface area contributed by atoms with Crippen molar-refractivity contribution >= 4 is 10.0 Å². The second-order valence-electron chi connectivity index (χ2n) is 9.05. The van der Waals surface area contributed by atoms with Crippen LogP contribution in [0.4, 0.5) is 0 Å². The number of hydrogen-bond acceptors (Lipinski definition) is 5. The van der Waals surface area contributed by atoms with E-state index in [0.717, 1.165) is 6.42 Å². The Kier molecular flexibility index (Phi) is 7.90. The Labute approximate surface area is 154 Å². The molecule has 0 spiro atoms. The molecule has 0 aromatic rings. The van der Waals surface area contributed by atoms with Gasteiger partial charge in [0.25, 0.3) is 0 Å². The third kappa shape index (κ3) is 7.91. The first kappa shape index (κ1) is 22.8. The number of sulfonamides is 1. The molecule has 1 aliphatic heterocycles. The lowest BCUT2D eigenvalue weighted by atomic mass is 9.90. The topological polar surface area (TPSA) is 65.1 Å². The van der Waals surface area contributed by atoms with E-state index in [-0.39, 0.29) is 30.3 Å². The smallest absolute Gasteiger partial charge is 0.211 e. The third-order valence-electron chi connectivity index (χ3n) is 4.54. The largest absolute Gasteiger partial charge is 0.379 e. The summed E-state index contributed by atoms with van der Waals surface area (Å²) in [7, 11) is -3.35. The molecule has 1 aliphatic rings. The van der Waals surface area contributed by atoms with Crippen LogP contribution in [0.15, 0.2) is 0 Å². The van der Waals surface area contributed by atoms with Crippen LogP contribution in [0, 0.1) is 5.41 Å². The van der Waals surface area contributed by atoms with Crippen LogP contribution < -0.4 is 0 Å². The van der Waals surface area contributed by atoms with Crippen molar-refractivity contribution in [2.75, 3.05) is 32.6 Å². The molecule has 0 N–H and O–H groups in total. The molecule has 0 bridgehead atoms. The molecule has 0 radical (unpaired) electrons. The van der Waals surface area contributed by atoms with Crippen molar-refractivity contribution in [1.29, 1.82) is 0 Å². The fourth-order valence-electron chi connectivity index (χ4n) is 2.61. The molecule has 3 atom stereocenters. The minimum atomic E-state index is -3.35. The van der Waals surface area contributed by atoms with Gasteiger partial charge in [-0.2, -0.15) is 4.31 Å². The molecule has 1 fully saturated rings. The standard InChI is InChI=1S/C18H37NO5S/c1-14(17(2,3)4)24-16(13-23-15-9-10-22-12-15)11-19(18(5,6)7)25(8,20)21/h14-16H,9-13H2,1-8H3/t14-,15-,16-/m0/s1. The van der Waals surface area contributed by atoms with Crippen LogP contribution >= 0.6 is 0 Å². The molecule has 1 heterocycles. The van der Waals surface area contributed by atoms with Gasteiger partial charge in [0.1, 0.15) is 0 Å². The van der Waals surface area contributed by atoms with Gasteiger partial charge in [0.05, 0.1) is 37.8 Å². The molecule has 7 heteroatoms. The van der Waals surface area contributed by atoms with E-state index in [2.05, 4.69) is 20.8 Å². The van der Waals surface area contributed by atoms with Gasteiger partial charge in [-0.05, 0) is 39.5 Å². The lowest BCUT2D eigenvalue weighted by Crippen LogP contribution is -2.51. The molecular weight excluding hydrogens is 342 g/mol. The fraction of sp³-hybridized carbons (Fsp3) is 1.00. The van der Waals surface area contributed by atoms with Gasteiger partial charge < -0.3 is 14.2 Å². The van der Waals surface area contributed by atoms with Crippen molar-refractivity contribution in [2.45, 2.75) is 78.7 Å². The molecule has 0 aromatic carbocycles. The molecule has 1 rings (SSSR count).